The maximum atomic E-state index is 12.3. The van der Waals surface area contributed by atoms with Crippen molar-refractivity contribution < 1.29 is 9.53 Å². The molecule has 0 saturated carbocycles. The Hall–Kier alpha value is -1.35. The number of hydrogen-bond donors (Lipinski definition) is 1. The molecule has 0 amide bonds. The number of nitrogens with one attached hydrogen (secondary N) is 1. The van der Waals surface area contributed by atoms with Crippen molar-refractivity contribution >= 4 is 5.78 Å². The van der Waals surface area contributed by atoms with Crippen molar-refractivity contribution in [2.24, 2.45) is 0 Å². The molecule has 3 heteroatoms. The van der Waals surface area contributed by atoms with Gasteiger partial charge in [0, 0.05) is 5.56 Å². The first kappa shape index (κ1) is 12.1. The third-order valence-corrected chi connectivity index (χ3v) is 3.38. The first-order valence-electron chi connectivity index (χ1n) is 6.06. The van der Waals surface area contributed by atoms with E-state index in [-0.39, 0.29) is 11.8 Å². The van der Waals surface area contributed by atoms with Crippen LogP contribution in [0.3, 0.4) is 0 Å². The van der Waals surface area contributed by atoms with Gasteiger partial charge in [-0.25, -0.2) is 0 Å². The number of Topliss-reactive ketones (excluding diaryl/α,β-unsaturated/α-hetero) is 1. The molecule has 1 heterocycles. The molecule has 17 heavy (non-hydrogen) atoms. The quantitative estimate of drug-likeness (QED) is 0.814. The van der Waals surface area contributed by atoms with Crippen LogP contribution in [0.25, 0.3) is 0 Å². The molecule has 3 nitrogen and oxygen atoms in total. The number of methoxy groups -OCH3 is 1. The number of aryl methyl sites for hydroxylation is 2. The number of hydrogen-bond acceptors (Lipinski definition) is 3. The van der Waals surface area contributed by atoms with Crippen LogP contribution in [0.2, 0.25) is 0 Å². The average Bonchev–Trinajstić information content (AvgIpc) is 2.84. The Kier molecular flexibility index (Phi) is 3.48. The smallest absolute Gasteiger partial charge is 0.180 e. The van der Waals surface area contributed by atoms with Gasteiger partial charge in [-0.15, -0.1) is 0 Å². The van der Waals surface area contributed by atoms with Gasteiger partial charge in [0.2, 0.25) is 0 Å². The Morgan fingerprint density at radius 1 is 1.35 bits per heavy atom. The highest BCUT2D eigenvalue weighted by molar-refractivity contribution is 6.01. The van der Waals surface area contributed by atoms with Gasteiger partial charge in [-0.2, -0.15) is 0 Å². The number of benzene rings is 1. The number of ether oxygens (including phenoxy) is 1. The van der Waals surface area contributed by atoms with Crippen molar-refractivity contribution in [3.8, 4) is 5.75 Å². The van der Waals surface area contributed by atoms with Gasteiger partial charge in [0.25, 0.3) is 0 Å². The summed E-state index contributed by atoms with van der Waals surface area (Å²) in [5, 5.41) is 3.25. The summed E-state index contributed by atoms with van der Waals surface area (Å²) >= 11 is 0. The van der Waals surface area contributed by atoms with Gasteiger partial charge >= 0.3 is 0 Å². The lowest BCUT2D eigenvalue weighted by atomic mass is 9.96. The molecule has 0 aliphatic carbocycles. The molecule has 1 atom stereocenters. The van der Waals surface area contributed by atoms with Crippen molar-refractivity contribution in [1.29, 1.82) is 0 Å². The van der Waals surface area contributed by atoms with Gasteiger partial charge in [0.15, 0.2) is 5.78 Å². The molecule has 0 bridgehead atoms. The lowest BCUT2D eigenvalue weighted by Gasteiger charge is -2.14. The van der Waals surface area contributed by atoms with Crippen molar-refractivity contribution in [3.63, 3.8) is 0 Å². The summed E-state index contributed by atoms with van der Waals surface area (Å²) in [6, 6.07) is 3.88. The van der Waals surface area contributed by atoms with Crippen molar-refractivity contribution in [1.82, 2.24) is 5.32 Å². The van der Waals surface area contributed by atoms with Gasteiger partial charge in [-0.05, 0) is 56.5 Å². The SMILES string of the molecule is COc1cc(C)c(C(=O)C2CCCN2)cc1C. The highest BCUT2D eigenvalue weighted by Crippen LogP contribution is 2.24. The average molecular weight is 233 g/mol. The van der Waals surface area contributed by atoms with Crippen LogP contribution in [0.4, 0.5) is 0 Å². The van der Waals surface area contributed by atoms with Gasteiger partial charge < -0.3 is 10.1 Å². The van der Waals surface area contributed by atoms with E-state index < -0.39 is 0 Å². The maximum Gasteiger partial charge on any atom is 0.180 e. The summed E-state index contributed by atoms with van der Waals surface area (Å²) in [7, 11) is 1.65. The van der Waals surface area contributed by atoms with Crippen molar-refractivity contribution in [2.45, 2.75) is 32.7 Å². The van der Waals surface area contributed by atoms with E-state index in [1.165, 1.54) is 0 Å². The molecule has 1 aromatic rings. The molecule has 1 N–H and O–H groups in total. The first-order chi connectivity index (χ1) is 8.13. The highest BCUT2D eigenvalue weighted by atomic mass is 16.5. The minimum absolute atomic E-state index is 0.00138. The fraction of sp³-hybridized carbons (Fsp3) is 0.500. The molecular weight excluding hydrogens is 214 g/mol. The van der Waals surface area contributed by atoms with Crippen molar-refractivity contribution in [3.05, 3.63) is 28.8 Å². The van der Waals surface area contributed by atoms with Gasteiger partial charge in [0.05, 0.1) is 13.2 Å². The number of rotatable bonds is 3. The number of carbonyl (C=O) groups excluding carboxylic acids is 1. The minimum atomic E-state index is 0.00138. The third-order valence-electron chi connectivity index (χ3n) is 3.38. The molecule has 2 rings (SSSR count). The summed E-state index contributed by atoms with van der Waals surface area (Å²) in [4.78, 5) is 12.3. The molecule has 1 fully saturated rings. The fourth-order valence-corrected chi connectivity index (χ4v) is 2.37. The van der Waals surface area contributed by atoms with Crippen LogP contribution >= 0.6 is 0 Å². The monoisotopic (exact) mass is 233 g/mol. The lowest BCUT2D eigenvalue weighted by Crippen LogP contribution is -2.31. The molecule has 92 valence electrons. The summed E-state index contributed by atoms with van der Waals surface area (Å²) in [5.41, 5.74) is 2.83. The predicted octanol–water partition coefficient (Wildman–Crippen LogP) is 2.25. The molecule has 1 unspecified atom stereocenters. The fourth-order valence-electron chi connectivity index (χ4n) is 2.37. The minimum Gasteiger partial charge on any atom is -0.496 e. The van der Waals surface area contributed by atoms with E-state index in [0.29, 0.717) is 0 Å². The molecule has 0 aromatic heterocycles. The summed E-state index contributed by atoms with van der Waals surface area (Å²) in [6.07, 6.45) is 2.04. The van der Waals surface area contributed by atoms with Crippen LogP contribution < -0.4 is 10.1 Å². The van der Waals surface area contributed by atoms with Crippen LogP contribution in [0.1, 0.15) is 34.3 Å². The Morgan fingerprint density at radius 3 is 2.71 bits per heavy atom. The normalized spacial score (nSPS) is 19.4. The number of ketones is 1. The highest BCUT2D eigenvalue weighted by Gasteiger charge is 2.24. The van der Waals surface area contributed by atoms with Gasteiger partial charge in [0.1, 0.15) is 5.75 Å². The van der Waals surface area contributed by atoms with E-state index in [4.69, 9.17) is 4.74 Å². The number of carbonyl (C=O) groups is 1. The van der Waals surface area contributed by atoms with Gasteiger partial charge in [-0.3, -0.25) is 4.79 Å². The standard InChI is InChI=1S/C14H19NO2/c1-9-8-13(17-3)10(2)7-11(9)14(16)12-5-4-6-15-12/h7-8,12,15H,4-6H2,1-3H3. The molecular formula is C14H19NO2. The Labute approximate surface area is 102 Å². The van der Waals surface area contributed by atoms with E-state index in [1.54, 1.807) is 7.11 Å². The topological polar surface area (TPSA) is 38.3 Å². The maximum absolute atomic E-state index is 12.3. The van der Waals surface area contributed by atoms with E-state index in [2.05, 4.69) is 5.32 Å². The van der Waals surface area contributed by atoms with E-state index in [0.717, 1.165) is 41.8 Å². The van der Waals surface area contributed by atoms with Crippen LogP contribution in [0.15, 0.2) is 12.1 Å². The first-order valence-corrected chi connectivity index (χ1v) is 6.06. The van der Waals surface area contributed by atoms with Crippen LogP contribution in [-0.4, -0.2) is 25.5 Å². The van der Waals surface area contributed by atoms with E-state index in [9.17, 15) is 4.79 Å². The zero-order chi connectivity index (χ0) is 12.4. The zero-order valence-electron chi connectivity index (χ0n) is 10.7. The molecule has 1 aliphatic rings. The Balaban J connectivity index is 2.31. The van der Waals surface area contributed by atoms with Crippen LogP contribution in [-0.2, 0) is 0 Å². The largest absolute Gasteiger partial charge is 0.496 e. The molecule has 0 radical (unpaired) electrons. The second kappa shape index (κ2) is 4.88. The molecule has 1 aliphatic heterocycles. The summed E-state index contributed by atoms with van der Waals surface area (Å²) < 4.78 is 5.26. The molecule has 0 spiro atoms. The van der Waals surface area contributed by atoms with Crippen LogP contribution in [0, 0.1) is 13.8 Å². The molecule has 1 aromatic carbocycles. The zero-order valence-corrected chi connectivity index (χ0v) is 10.7. The van der Waals surface area contributed by atoms with Gasteiger partial charge in [-0.1, -0.05) is 0 Å². The predicted molar refractivity (Wildman–Crippen MR) is 67.8 cm³/mol. The molecule has 1 saturated heterocycles. The van der Waals surface area contributed by atoms with E-state index >= 15 is 0 Å². The summed E-state index contributed by atoms with van der Waals surface area (Å²) in [5.74, 6) is 1.06. The second-order valence-electron chi connectivity index (χ2n) is 4.65. The second-order valence-corrected chi connectivity index (χ2v) is 4.65. The van der Waals surface area contributed by atoms with Crippen LogP contribution in [0.5, 0.6) is 5.75 Å². The Morgan fingerprint density at radius 2 is 2.12 bits per heavy atom. The summed E-state index contributed by atoms with van der Waals surface area (Å²) in [6.45, 7) is 4.88. The van der Waals surface area contributed by atoms with Crippen molar-refractivity contribution in [2.75, 3.05) is 13.7 Å². The third kappa shape index (κ3) is 2.34. The Bertz CT molecular complexity index is 434. The van der Waals surface area contributed by atoms with E-state index in [1.807, 2.05) is 26.0 Å². The lowest BCUT2D eigenvalue weighted by molar-refractivity contribution is 0.0951.